The number of benzene rings is 1. The molecule has 2 aromatic rings. The second-order valence-corrected chi connectivity index (χ2v) is 8.19. The van der Waals surface area contributed by atoms with Crippen LogP contribution in [0.1, 0.15) is 57.9 Å². The van der Waals surface area contributed by atoms with Gasteiger partial charge in [0.15, 0.2) is 5.78 Å². The van der Waals surface area contributed by atoms with Gasteiger partial charge in [0.1, 0.15) is 5.69 Å². The molecule has 5 heteroatoms. The van der Waals surface area contributed by atoms with Crippen molar-refractivity contribution in [1.29, 1.82) is 0 Å². The van der Waals surface area contributed by atoms with E-state index in [9.17, 15) is 9.59 Å². The Balaban J connectivity index is 1.91. The Labute approximate surface area is 150 Å². The number of halogens is 1. The Kier molecular flexibility index (Phi) is 4.16. The Morgan fingerprint density at radius 2 is 1.96 bits per heavy atom. The fraction of sp³-hybridized carbons (Fsp3) is 0.368. The molecule has 0 saturated heterocycles. The summed E-state index contributed by atoms with van der Waals surface area (Å²) in [5, 5.41) is 2.91. The lowest BCUT2D eigenvalue weighted by atomic mass is 9.75. The molecule has 1 aromatic heterocycles. The average molecular weight is 389 g/mol. The van der Waals surface area contributed by atoms with Crippen LogP contribution in [0.2, 0.25) is 0 Å². The summed E-state index contributed by atoms with van der Waals surface area (Å²) in [5.41, 5.74) is 4.52. The molecule has 0 fully saturated rings. The number of aromatic amines is 1. The van der Waals surface area contributed by atoms with Crippen molar-refractivity contribution in [1.82, 2.24) is 4.98 Å². The zero-order valence-corrected chi connectivity index (χ0v) is 15.9. The van der Waals surface area contributed by atoms with E-state index < -0.39 is 0 Å². The Bertz CT molecular complexity index is 849. The lowest BCUT2D eigenvalue weighted by Crippen LogP contribution is -2.26. The molecule has 0 spiro atoms. The molecule has 1 amide bonds. The van der Waals surface area contributed by atoms with Gasteiger partial charge in [0.2, 0.25) is 0 Å². The van der Waals surface area contributed by atoms with E-state index >= 15 is 0 Å². The van der Waals surface area contributed by atoms with Crippen molar-refractivity contribution >= 4 is 33.3 Å². The fourth-order valence-electron chi connectivity index (χ4n) is 3.38. The predicted octanol–water partition coefficient (Wildman–Crippen LogP) is 4.80. The molecule has 0 bridgehead atoms. The molecule has 24 heavy (non-hydrogen) atoms. The molecule has 4 nitrogen and oxygen atoms in total. The maximum atomic E-state index is 12.7. The van der Waals surface area contributed by atoms with E-state index in [-0.39, 0.29) is 17.1 Å². The van der Waals surface area contributed by atoms with Crippen LogP contribution in [0.4, 0.5) is 5.69 Å². The Morgan fingerprint density at radius 3 is 2.62 bits per heavy atom. The van der Waals surface area contributed by atoms with Gasteiger partial charge in [0.05, 0.1) is 0 Å². The quantitative estimate of drug-likeness (QED) is 0.775. The minimum atomic E-state index is -0.214. The van der Waals surface area contributed by atoms with Crippen molar-refractivity contribution < 1.29 is 9.59 Å². The van der Waals surface area contributed by atoms with E-state index in [1.807, 2.05) is 32.0 Å². The van der Waals surface area contributed by atoms with Gasteiger partial charge in [-0.2, -0.15) is 0 Å². The normalized spacial score (nSPS) is 16.0. The molecule has 2 N–H and O–H groups in total. The summed E-state index contributed by atoms with van der Waals surface area (Å²) >= 11 is 3.45. The number of anilines is 1. The van der Waals surface area contributed by atoms with Crippen molar-refractivity contribution in [2.45, 2.75) is 40.5 Å². The number of carbonyl (C=O) groups is 2. The van der Waals surface area contributed by atoms with E-state index in [1.165, 1.54) is 0 Å². The number of nitrogens with one attached hydrogen (secondary N) is 2. The standard InChI is InChI=1S/C19H21BrN2O2/c1-10-7-12(5-6-13(10)20)21-18(24)17-11(2)16-14(22-17)8-19(3,4)9-15(16)23/h5-7,22H,8-9H2,1-4H3,(H,21,24). The van der Waals surface area contributed by atoms with Crippen LogP contribution in [0.25, 0.3) is 0 Å². The molecular weight excluding hydrogens is 368 g/mol. The van der Waals surface area contributed by atoms with Crippen LogP contribution < -0.4 is 5.32 Å². The summed E-state index contributed by atoms with van der Waals surface area (Å²) in [6.07, 6.45) is 1.30. The molecule has 0 radical (unpaired) electrons. The molecule has 0 atom stereocenters. The fourth-order valence-corrected chi connectivity index (χ4v) is 3.62. The van der Waals surface area contributed by atoms with Gasteiger partial charge in [-0.25, -0.2) is 0 Å². The van der Waals surface area contributed by atoms with E-state index in [0.29, 0.717) is 17.7 Å². The largest absolute Gasteiger partial charge is 0.354 e. The first-order valence-electron chi connectivity index (χ1n) is 8.00. The SMILES string of the molecule is Cc1cc(NC(=O)c2[nH]c3c(c2C)C(=O)CC(C)(C)C3)ccc1Br. The topological polar surface area (TPSA) is 62.0 Å². The first-order chi connectivity index (χ1) is 11.2. The van der Waals surface area contributed by atoms with Gasteiger partial charge in [-0.15, -0.1) is 0 Å². The molecule has 3 rings (SSSR count). The molecule has 1 aromatic carbocycles. The lowest BCUT2D eigenvalue weighted by Gasteiger charge is -2.28. The maximum Gasteiger partial charge on any atom is 0.272 e. The van der Waals surface area contributed by atoms with Gasteiger partial charge >= 0.3 is 0 Å². The highest BCUT2D eigenvalue weighted by Gasteiger charge is 2.35. The van der Waals surface area contributed by atoms with Gasteiger partial charge in [0.25, 0.3) is 5.91 Å². The molecule has 126 valence electrons. The van der Waals surface area contributed by atoms with Crippen LogP contribution in [-0.4, -0.2) is 16.7 Å². The molecule has 1 aliphatic carbocycles. The molecule has 1 heterocycles. The number of hydrogen-bond acceptors (Lipinski definition) is 2. The zero-order chi connectivity index (χ0) is 17.6. The van der Waals surface area contributed by atoms with Crippen LogP contribution in [0.3, 0.4) is 0 Å². The van der Waals surface area contributed by atoms with Gasteiger partial charge in [-0.1, -0.05) is 29.8 Å². The highest BCUT2D eigenvalue weighted by molar-refractivity contribution is 9.10. The van der Waals surface area contributed by atoms with Crippen molar-refractivity contribution in [2.24, 2.45) is 5.41 Å². The summed E-state index contributed by atoms with van der Waals surface area (Å²) in [6, 6.07) is 5.67. The van der Waals surface area contributed by atoms with Crippen molar-refractivity contribution in [3.63, 3.8) is 0 Å². The van der Waals surface area contributed by atoms with Gasteiger partial charge in [0, 0.05) is 27.8 Å². The number of hydrogen-bond donors (Lipinski definition) is 2. The minimum Gasteiger partial charge on any atom is -0.354 e. The van der Waals surface area contributed by atoms with Crippen molar-refractivity contribution in [2.75, 3.05) is 5.32 Å². The first kappa shape index (κ1) is 17.0. The van der Waals surface area contributed by atoms with Crippen molar-refractivity contribution in [3.05, 3.63) is 50.8 Å². The highest BCUT2D eigenvalue weighted by Crippen LogP contribution is 2.36. The van der Waals surface area contributed by atoms with Gasteiger partial charge in [-0.3, -0.25) is 9.59 Å². The summed E-state index contributed by atoms with van der Waals surface area (Å²) < 4.78 is 1.000. The zero-order valence-electron chi connectivity index (χ0n) is 14.3. The van der Waals surface area contributed by atoms with E-state index in [0.717, 1.165) is 33.4 Å². The number of ketones is 1. The predicted molar refractivity (Wildman–Crippen MR) is 98.8 cm³/mol. The van der Waals surface area contributed by atoms with Crippen LogP contribution in [-0.2, 0) is 6.42 Å². The molecule has 0 aliphatic heterocycles. The third kappa shape index (κ3) is 3.05. The Hall–Kier alpha value is -1.88. The number of aromatic nitrogens is 1. The summed E-state index contributed by atoms with van der Waals surface area (Å²) in [4.78, 5) is 28.3. The first-order valence-corrected chi connectivity index (χ1v) is 8.79. The number of H-pyrrole nitrogens is 1. The Morgan fingerprint density at radius 1 is 1.25 bits per heavy atom. The number of Topliss-reactive ketones (excluding diaryl/α,β-unsaturated/α-hetero) is 1. The van der Waals surface area contributed by atoms with E-state index in [4.69, 9.17) is 0 Å². The average Bonchev–Trinajstić information content (AvgIpc) is 2.78. The second-order valence-electron chi connectivity index (χ2n) is 7.34. The van der Waals surface area contributed by atoms with Crippen LogP contribution in [0.5, 0.6) is 0 Å². The summed E-state index contributed by atoms with van der Waals surface area (Å²) in [5.74, 6) is -0.0947. The molecule has 1 aliphatic rings. The third-order valence-electron chi connectivity index (χ3n) is 4.54. The lowest BCUT2D eigenvalue weighted by molar-refractivity contribution is 0.0910. The maximum absolute atomic E-state index is 12.7. The summed E-state index contributed by atoms with van der Waals surface area (Å²) in [7, 11) is 0. The van der Waals surface area contributed by atoms with E-state index in [2.05, 4.69) is 40.1 Å². The van der Waals surface area contributed by atoms with Gasteiger partial charge < -0.3 is 10.3 Å². The minimum absolute atomic E-state index is 0.0715. The number of aryl methyl sites for hydroxylation is 1. The summed E-state index contributed by atoms with van der Waals surface area (Å²) in [6.45, 7) is 7.97. The number of amides is 1. The molecular formula is C19H21BrN2O2. The third-order valence-corrected chi connectivity index (χ3v) is 5.43. The monoisotopic (exact) mass is 388 g/mol. The van der Waals surface area contributed by atoms with E-state index in [1.54, 1.807) is 0 Å². The number of fused-ring (bicyclic) bond motifs is 1. The second kappa shape index (κ2) is 5.88. The van der Waals surface area contributed by atoms with Crippen LogP contribution in [0.15, 0.2) is 22.7 Å². The smallest absolute Gasteiger partial charge is 0.272 e. The van der Waals surface area contributed by atoms with Crippen LogP contribution >= 0.6 is 15.9 Å². The number of carbonyl (C=O) groups excluding carboxylic acids is 2. The molecule has 0 saturated carbocycles. The number of rotatable bonds is 2. The molecule has 0 unspecified atom stereocenters. The highest BCUT2D eigenvalue weighted by atomic mass is 79.9. The van der Waals surface area contributed by atoms with Crippen LogP contribution in [0, 0.1) is 19.3 Å². The van der Waals surface area contributed by atoms with Gasteiger partial charge in [-0.05, 0) is 55.0 Å². The van der Waals surface area contributed by atoms with Crippen molar-refractivity contribution in [3.8, 4) is 0 Å².